The molecule has 0 aliphatic rings. The molecule has 2 N–H and O–H groups in total. The third-order valence-electron chi connectivity index (χ3n) is 2.92. The second-order valence-electron chi connectivity index (χ2n) is 4.92. The Kier molecular flexibility index (Phi) is 4.77. The van der Waals surface area contributed by atoms with Crippen molar-refractivity contribution in [3.05, 3.63) is 53.5 Å². The first-order valence-electron chi connectivity index (χ1n) is 6.77. The number of carbonyl (C=O) groups is 1. The molecule has 1 aromatic heterocycles. The van der Waals surface area contributed by atoms with Crippen LogP contribution in [0.25, 0.3) is 0 Å². The van der Waals surface area contributed by atoms with Gasteiger partial charge in [-0.05, 0) is 50.6 Å². The van der Waals surface area contributed by atoms with Gasteiger partial charge < -0.3 is 9.73 Å². The summed E-state index contributed by atoms with van der Waals surface area (Å²) in [6.45, 7) is 5.64. The number of benzene rings is 1. The number of nitrogens with one attached hydrogen (secondary N) is 2. The lowest BCUT2D eigenvalue weighted by Gasteiger charge is -2.13. The number of hydrazone groups is 1. The van der Waals surface area contributed by atoms with Gasteiger partial charge in [-0.2, -0.15) is 5.10 Å². The molecule has 110 valence electrons. The third kappa shape index (κ3) is 4.49. The van der Waals surface area contributed by atoms with E-state index in [2.05, 4.69) is 15.8 Å². The number of nitrogens with zero attached hydrogens (tertiary/aromatic N) is 1. The minimum absolute atomic E-state index is 0.212. The van der Waals surface area contributed by atoms with Crippen molar-refractivity contribution in [3.8, 4) is 0 Å². The third-order valence-corrected chi connectivity index (χ3v) is 2.92. The first-order chi connectivity index (χ1) is 10.0. The molecule has 1 aromatic carbocycles. The molecule has 0 aliphatic heterocycles. The maximum absolute atomic E-state index is 11.9. The molecule has 0 aliphatic carbocycles. The van der Waals surface area contributed by atoms with Crippen molar-refractivity contribution in [2.24, 2.45) is 5.10 Å². The Bertz CT molecular complexity index is 646. The Hall–Kier alpha value is -2.56. The van der Waals surface area contributed by atoms with E-state index in [0.29, 0.717) is 5.76 Å². The number of rotatable bonds is 5. The van der Waals surface area contributed by atoms with E-state index in [-0.39, 0.29) is 11.9 Å². The van der Waals surface area contributed by atoms with Crippen LogP contribution in [0, 0.1) is 13.8 Å². The Balaban J connectivity index is 1.86. The monoisotopic (exact) mass is 285 g/mol. The largest absolute Gasteiger partial charge is 0.460 e. The normalized spacial score (nSPS) is 12.3. The van der Waals surface area contributed by atoms with Crippen LogP contribution >= 0.6 is 0 Å². The number of anilines is 1. The molecule has 0 bridgehead atoms. The smallest absolute Gasteiger partial charge is 0.262 e. The predicted octanol–water partition coefficient (Wildman–Crippen LogP) is 2.85. The van der Waals surface area contributed by atoms with Gasteiger partial charge in [0.2, 0.25) is 0 Å². The standard InChI is InChI=1S/C16H19N3O2/c1-11-5-4-6-14(9-11)18-13(3)16(20)19-17-10-15-8-7-12(2)21-15/h4-10,13,18H,1-3H3,(H,19,20)/b17-10-/t13-/m0/s1. The SMILES string of the molecule is Cc1cccc(N[C@@H](C)C(=O)N/N=C\c2ccc(C)o2)c1. The number of carbonyl (C=O) groups excluding carboxylic acids is 1. The Morgan fingerprint density at radius 1 is 1.29 bits per heavy atom. The minimum Gasteiger partial charge on any atom is -0.460 e. The van der Waals surface area contributed by atoms with Crippen LogP contribution < -0.4 is 10.7 Å². The van der Waals surface area contributed by atoms with Crippen LogP contribution in [0.15, 0.2) is 45.9 Å². The van der Waals surface area contributed by atoms with Crippen molar-refractivity contribution >= 4 is 17.8 Å². The highest BCUT2D eigenvalue weighted by molar-refractivity contribution is 5.85. The molecule has 0 radical (unpaired) electrons. The van der Waals surface area contributed by atoms with Crippen LogP contribution in [0.3, 0.4) is 0 Å². The van der Waals surface area contributed by atoms with E-state index < -0.39 is 0 Å². The molecule has 1 amide bonds. The number of amides is 1. The van der Waals surface area contributed by atoms with Crippen molar-refractivity contribution in [2.45, 2.75) is 26.8 Å². The lowest BCUT2D eigenvalue weighted by Crippen LogP contribution is -2.34. The summed E-state index contributed by atoms with van der Waals surface area (Å²) in [6, 6.07) is 11.1. The van der Waals surface area contributed by atoms with Gasteiger partial charge in [-0.25, -0.2) is 5.43 Å². The first kappa shape index (κ1) is 14.8. The summed E-state index contributed by atoms with van der Waals surface area (Å²) in [5.74, 6) is 1.19. The molecule has 5 nitrogen and oxygen atoms in total. The minimum atomic E-state index is -0.387. The molecule has 5 heteroatoms. The van der Waals surface area contributed by atoms with Crippen LogP contribution in [-0.4, -0.2) is 18.2 Å². The van der Waals surface area contributed by atoms with Gasteiger partial charge in [-0.3, -0.25) is 4.79 Å². The second kappa shape index (κ2) is 6.74. The fraction of sp³-hybridized carbons (Fsp3) is 0.250. The van der Waals surface area contributed by atoms with E-state index in [1.54, 1.807) is 13.0 Å². The Labute approximate surface area is 124 Å². The van der Waals surface area contributed by atoms with E-state index in [0.717, 1.165) is 17.0 Å². The molecular weight excluding hydrogens is 266 g/mol. The van der Waals surface area contributed by atoms with Crippen molar-refractivity contribution in [1.82, 2.24) is 5.43 Å². The van der Waals surface area contributed by atoms with E-state index in [4.69, 9.17) is 4.42 Å². The number of hydrogen-bond acceptors (Lipinski definition) is 4. The van der Waals surface area contributed by atoms with Crippen LogP contribution in [0.1, 0.15) is 24.0 Å². The molecule has 2 rings (SSSR count). The summed E-state index contributed by atoms with van der Waals surface area (Å²) < 4.78 is 5.32. The van der Waals surface area contributed by atoms with Gasteiger partial charge in [0.25, 0.3) is 5.91 Å². The van der Waals surface area contributed by atoms with E-state index in [1.165, 1.54) is 6.21 Å². The van der Waals surface area contributed by atoms with E-state index in [1.807, 2.05) is 44.2 Å². The van der Waals surface area contributed by atoms with Gasteiger partial charge in [0.15, 0.2) is 0 Å². The van der Waals surface area contributed by atoms with Crippen molar-refractivity contribution in [3.63, 3.8) is 0 Å². The Morgan fingerprint density at radius 2 is 2.10 bits per heavy atom. The maximum Gasteiger partial charge on any atom is 0.262 e. The Morgan fingerprint density at radius 3 is 2.76 bits per heavy atom. The second-order valence-corrected chi connectivity index (χ2v) is 4.92. The molecule has 21 heavy (non-hydrogen) atoms. The summed E-state index contributed by atoms with van der Waals surface area (Å²) in [5.41, 5.74) is 4.53. The van der Waals surface area contributed by atoms with Crippen molar-refractivity contribution in [2.75, 3.05) is 5.32 Å². The highest BCUT2D eigenvalue weighted by Gasteiger charge is 2.11. The quantitative estimate of drug-likeness (QED) is 0.655. The predicted molar refractivity (Wildman–Crippen MR) is 83.4 cm³/mol. The van der Waals surface area contributed by atoms with Crippen LogP contribution in [0.5, 0.6) is 0 Å². The van der Waals surface area contributed by atoms with Crippen molar-refractivity contribution in [1.29, 1.82) is 0 Å². The molecule has 0 spiro atoms. The highest BCUT2D eigenvalue weighted by Crippen LogP contribution is 2.10. The van der Waals surface area contributed by atoms with Gasteiger partial charge in [0, 0.05) is 5.69 Å². The van der Waals surface area contributed by atoms with Gasteiger partial charge in [0.1, 0.15) is 17.6 Å². The van der Waals surface area contributed by atoms with Gasteiger partial charge >= 0.3 is 0 Å². The maximum atomic E-state index is 11.9. The van der Waals surface area contributed by atoms with E-state index in [9.17, 15) is 4.79 Å². The van der Waals surface area contributed by atoms with Gasteiger partial charge in [-0.1, -0.05) is 12.1 Å². The average molecular weight is 285 g/mol. The molecule has 0 saturated carbocycles. The fourth-order valence-corrected chi connectivity index (χ4v) is 1.83. The lowest BCUT2D eigenvalue weighted by atomic mass is 10.2. The topological polar surface area (TPSA) is 66.6 Å². The molecule has 1 atom stereocenters. The molecule has 1 heterocycles. The highest BCUT2D eigenvalue weighted by atomic mass is 16.3. The number of furan rings is 1. The summed E-state index contributed by atoms with van der Waals surface area (Å²) in [5, 5.41) is 7.00. The molecule has 2 aromatic rings. The fourth-order valence-electron chi connectivity index (χ4n) is 1.83. The zero-order valence-electron chi connectivity index (χ0n) is 12.4. The lowest BCUT2D eigenvalue weighted by molar-refractivity contribution is -0.121. The summed E-state index contributed by atoms with van der Waals surface area (Å²) in [4.78, 5) is 11.9. The number of aryl methyl sites for hydroxylation is 2. The van der Waals surface area contributed by atoms with Crippen LogP contribution in [0.4, 0.5) is 5.69 Å². The zero-order valence-corrected chi connectivity index (χ0v) is 12.4. The molecule has 0 fully saturated rings. The van der Waals surface area contributed by atoms with E-state index >= 15 is 0 Å². The average Bonchev–Trinajstić information content (AvgIpc) is 2.84. The van der Waals surface area contributed by atoms with Crippen LogP contribution in [-0.2, 0) is 4.79 Å². The molecule has 0 saturated heterocycles. The first-order valence-corrected chi connectivity index (χ1v) is 6.77. The van der Waals surface area contributed by atoms with Gasteiger partial charge in [0.05, 0.1) is 6.21 Å². The molecule has 0 unspecified atom stereocenters. The summed E-state index contributed by atoms with van der Waals surface area (Å²) in [7, 11) is 0. The zero-order chi connectivity index (χ0) is 15.2. The summed E-state index contributed by atoms with van der Waals surface area (Å²) in [6.07, 6.45) is 1.48. The van der Waals surface area contributed by atoms with Crippen molar-refractivity contribution < 1.29 is 9.21 Å². The number of hydrogen-bond donors (Lipinski definition) is 2. The van der Waals surface area contributed by atoms with Gasteiger partial charge in [-0.15, -0.1) is 0 Å². The molecular formula is C16H19N3O2. The van der Waals surface area contributed by atoms with Crippen LogP contribution in [0.2, 0.25) is 0 Å². The summed E-state index contributed by atoms with van der Waals surface area (Å²) >= 11 is 0.